The first kappa shape index (κ1) is 19.4. The Balaban J connectivity index is 0.00000400. The Morgan fingerprint density at radius 1 is 1.29 bits per heavy atom. The van der Waals surface area contributed by atoms with E-state index in [1.54, 1.807) is 0 Å². The highest BCUT2D eigenvalue weighted by molar-refractivity contribution is 5.81. The van der Waals surface area contributed by atoms with Crippen molar-refractivity contribution in [1.29, 1.82) is 0 Å². The molecule has 0 aliphatic heterocycles. The van der Waals surface area contributed by atoms with Gasteiger partial charge in [-0.2, -0.15) is 0 Å². The van der Waals surface area contributed by atoms with Gasteiger partial charge in [-0.1, -0.05) is 43.5 Å². The maximum Gasteiger partial charge on any atom is 0.330 e. The number of esters is 1. The molecule has 0 aliphatic carbocycles. The summed E-state index contributed by atoms with van der Waals surface area (Å²) in [6.45, 7) is 10.4. The molecular weight excluding hydrogens is 286 g/mol. The van der Waals surface area contributed by atoms with Crippen LogP contribution in [0.15, 0.2) is 55.6 Å². The number of nitrogens with zero attached hydrogens (tertiary/aromatic N) is 1. The van der Waals surface area contributed by atoms with E-state index in [4.69, 9.17) is 4.74 Å². The van der Waals surface area contributed by atoms with E-state index in [0.29, 0.717) is 6.61 Å². The fraction of sp³-hybridized carbons (Fsp3) is 0.353. The van der Waals surface area contributed by atoms with Crippen molar-refractivity contribution in [3.63, 3.8) is 0 Å². The zero-order valence-corrected chi connectivity index (χ0v) is 13.4. The summed E-state index contributed by atoms with van der Waals surface area (Å²) in [5.41, 5.74) is 1.31. The lowest BCUT2D eigenvalue weighted by Gasteiger charge is -2.33. The summed E-state index contributed by atoms with van der Waals surface area (Å²) in [4.78, 5) is 11.0. The van der Waals surface area contributed by atoms with Gasteiger partial charge in [0, 0.05) is 18.1 Å². The lowest BCUT2D eigenvalue weighted by atomic mass is 10.2. The molecular formula is C17H24ClNO2. The Morgan fingerprint density at radius 2 is 1.95 bits per heavy atom. The molecule has 0 aliphatic rings. The first-order valence-electron chi connectivity index (χ1n) is 6.87. The van der Waals surface area contributed by atoms with Gasteiger partial charge in [-0.3, -0.25) is 0 Å². The van der Waals surface area contributed by atoms with Crippen LogP contribution >= 0.6 is 0 Å². The molecule has 0 fully saturated rings. The third kappa shape index (κ3) is 7.69. The second kappa shape index (κ2) is 10.2. The van der Waals surface area contributed by atoms with Gasteiger partial charge in [0.05, 0.1) is 26.7 Å². The highest BCUT2D eigenvalue weighted by Crippen LogP contribution is 2.13. The maximum absolute atomic E-state index is 11.0. The minimum absolute atomic E-state index is 0. The fourth-order valence-corrected chi connectivity index (χ4v) is 2.25. The van der Waals surface area contributed by atoms with Crippen molar-refractivity contribution in [3.8, 4) is 0 Å². The quantitative estimate of drug-likeness (QED) is 0.210. The highest BCUT2D eigenvalue weighted by Gasteiger charge is 2.20. The van der Waals surface area contributed by atoms with Gasteiger partial charge >= 0.3 is 5.97 Å². The van der Waals surface area contributed by atoms with E-state index in [2.05, 4.69) is 44.5 Å². The molecule has 21 heavy (non-hydrogen) atoms. The topological polar surface area (TPSA) is 26.3 Å². The maximum atomic E-state index is 11.0. The van der Waals surface area contributed by atoms with E-state index in [0.717, 1.165) is 30.5 Å². The van der Waals surface area contributed by atoms with Crippen LogP contribution in [-0.2, 0) is 16.1 Å². The van der Waals surface area contributed by atoms with Crippen molar-refractivity contribution in [2.45, 2.75) is 13.0 Å². The Bertz CT molecular complexity index is 447. The third-order valence-corrected chi connectivity index (χ3v) is 3.23. The summed E-state index contributed by atoms with van der Waals surface area (Å²) in [5.74, 6) is -0.356. The van der Waals surface area contributed by atoms with Crippen LogP contribution in [0, 0.1) is 0 Å². The second-order valence-electron chi connectivity index (χ2n) is 5.18. The van der Waals surface area contributed by atoms with Crippen LogP contribution in [0.4, 0.5) is 0 Å². The molecule has 0 amide bonds. The molecule has 0 bridgehead atoms. The summed E-state index contributed by atoms with van der Waals surface area (Å²) in [7, 11) is 2.20. The number of benzene rings is 1. The zero-order valence-electron chi connectivity index (χ0n) is 12.6. The van der Waals surface area contributed by atoms with Crippen molar-refractivity contribution in [1.82, 2.24) is 0 Å². The van der Waals surface area contributed by atoms with E-state index in [1.165, 1.54) is 11.6 Å². The summed E-state index contributed by atoms with van der Waals surface area (Å²) in [6.07, 6.45) is 3.97. The number of carbonyl (C=O) groups excluding carboxylic acids is 1. The molecule has 0 saturated heterocycles. The fourth-order valence-electron chi connectivity index (χ4n) is 2.25. The molecule has 1 aromatic rings. The van der Waals surface area contributed by atoms with Gasteiger partial charge in [-0.25, -0.2) is 4.79 Å². The predicted octanol–water partition coefficient (Wildman–Crippen LogP) is -0.0575. The molecule has 0 aromatic heterocycles. The molecule has 4 heteroatoms. The zero-order chi connectivity index (χ0) is 14.8. The first-order valence-corrected chi connectivity index (χ1v) is 6.87. The lowest BCUT2D eigenvalue weighted by molar-refractivity contribution is -0.917. The van der Waals surface area contributed by atoms with Gasteiger partial charge in [-0.05, 0) is 6.08 Å². The summed E-state index contributed by atoms with van der Waals surface area (Å²) in [6, 6.07) is 10.4. The molecule has 116 valence electrons. The molecule has 1 unspecified atom stereocenters. The third-order valence-electron chi connectivity index (χ3n) is 3.23. The summed E-state index contributed by atoms with van der Waals surface area (Å²) >= 11 is 0. The molecule has 0 N–H and O–H groups in total. The van der Waals surface area contributed by atoms with Gasteiger partial charge < -0.3 is 21.6 Å². The van der Waals surface area contributed by atoms with E-state index in [9.17, 15) is 4.79 Å². The summed E-state index contributed by atoms with van der Waals surface area (Å²) < 4.78 is 5.88. The van der Waals surface area contributed by atoms with Crippen LogP contribution in [0.1, 0.15) is 12.0 Å². The van der Waals surface area contributed by atoms with Gasteiger partial charge in [0.1, 0.15) is 6.54 Å². The Kier molecular flexibility index (Phi) is 9.42. The number of ether oxygens (including phenoxy) is 1. The Morgan fingerprint density at radius 3 is 2.52 bits per heavy atom. The number of likely N-dealkylation sites (N-methyl/N-ethyl adjacent to an activating group) is 1. The van der Waals surface area contributed by atoms with Crippen LogP contribution in [0.25, 0.3) is 0 Å². The standard InChI is InChI=1S/C17H24NO2.ClH/c1-4-12-18(3,13-9-14-20-17(19)5-2)15-16-10-7-6-8-11-16;/h4-8,10-11H,1-2,9,12-15H2,3H3;1H/q+1;/p-1. The Hall–Kier alpha value is -1.58. The van der Waals surface area contributed by atoms with Crippen LogP contribution in [0.5, 0.6) is 0 Å². The predicted molar refractivity (Wildman–Crippen MR) is 82.0 cm³/mol. The van der Waals surface area contributed by atoms with E-state index in [-0.39, 0.29) is 18.4 Å². The van der Waals surface area contributed by atoms with Crippen LogP contribution in [0.3, 0.4) is 0 Å². The highest BCUT2D eigenvalue weighted by atomic mass is 35.5. The molecule has 0 spiro atoms. The summed E-state index contributed by atoms with van der Waals surface area (Å²) in [5, 5.41) is 0. The van der Waals surface area contributed by atoms with Gasteiger partial charge in [0.15, 0.2) is 0 Å². The van der Waals surface area contributed by atoms with Crippen molar-refractivity contribution >= 4 is 5.97 Å². The van der Waals surface area contributed by atoms with E-state index >= 15 is 0 Å². The van der Waals surface area contributed by atoms with Crippen molar-refractivity contribution < 1.29 is 26.4 Å². The van der Waals surface area contributed by atoms with Crippen molar-refractivity contribution in [3.05, 3.63) is 61.2 Å². The smallest absolute Gasteiger partial charge is 0.330 e. The Labute approximate surface area is 133 Å². The monoisotopic (exact) mass is 309 g/mol. The molecule has 1 rings (SSSR count). The molecule has 0 radical (unpaired) electrons. The minimum atomic E-state index is -0.356. The van der Waals surface area contributed by atoms with Gasteiger partial charge in [0.25, 0.3) is 0 Å². The van der Waals surface area contributed by atoms with Crippen LogP contribution in [0.2, 0.25) is 0 Å². The number of rotatable bonds is 9. The number of halogens is 1. The van der Waals surface area contributed by atoms with Crippen molar-refractivity contribution in [2.24, 2.45) is 0 Å². The van der Waals surface area contributed by atoms with E-state index < -0.39 is 0 Å². The number of quaternary nitrogens is 1. The molecule has 1 aromatic carbocycles. The first-order chi connectivity index (χ1) is 9.59. The minimum Gasteiger partial charge on any atom is -1.00 e. The molecule has 0 saturated carbocycles. The average molecular weight is 310 g/mol. The molecule has 1 atom stereocenters. The van der Waals surface area contributed by atoms with Crippen LogP contribution in [-0.4, -0.2) is 37.2 Å². The lowest BCUT2D eigenvalue weighted by Crippen LogP contribution is -3.00. The van der Waals surface area contributed by atoms with Crippen LogP contribution < -0.4 is 12.4 Å². The van der Waals surface area contributed by atoms with E-state index in [1.807, 2.05) is 12.1 Å². The average Bonchev–Trinajstić information content (AvgIpc) is 2.44. The van der Waals surface area contributed by atoms with Crippen molar-refractivity contribution in [2.75, 3.05) is 26.7 Å². The second-order valence-corrected chi connectivity index (χ2v) is 5.18. The van der Waals surface area contributed by atoms with Gasteiger partial charge in [-0.15, -0.1) is 0 Å². The molecule has 0 heterocycles. The number of carbonyl (C=O) groups is 1. The largest absolute Gasteiger partial charge is 1.00 e. The number of hydrogen-bond acceptors (Lipinski definition) is 2. The van der Waals surface area contributed by atoms with Gasteiger partial charge in [0.2, 0.25) is 0 Å². The molecule has 3 nitrogen and oxygen atoms in total. The SMILES string of the molecule is C=CC[N+](C)(CCCOC(=O)C=C)Cc1ccccc1.[Cl-]. The number of hydrogen-bond donors (Lipinski definition) is 0. The normalized spacial score (nSPS) is 12.6.